The monoisotopic (exact) mass is 384 g/mol. The van der Waals surface area contributed by atoms with Crippen LogP contribution in [-0.2, 0) is 22.6 Å². The van der Waals surface area contributed by atoms with Gasteiger partial charge in [0.25, 0.3) is 0 Å². The van der Waals surface area contributed by atoms with Gasteiger partial charge in [-0.3, -0.25) is 13.9 Å². The average Bonchev–Trinajstić information content (AvgIpc) is 2.63. The molecule has 1 aliphatic rings. The van der Waals surface area contributed by atoms with Crippen LogP contribution < -0.4 is 5.69 Å². The lowest BCUT2D eigenvalue weighted by molar-refractivity contribution is -0.165. The van der Waals surface area contributed by atoms with Crippen molar-refractivity contribution in [2.24, 2.45) is 11.3 Å². The number of aromatic nitrogens is 2. The number of hydrogen-bond donors (Lipinski definition) is 0. The van der Waals surface area contributed by atoms with Gasteiger partial charge in [0.15, 0.2) is 5.82 Å². The third-order valence-corrected chi connectivity index (χ3v) is 6.11. The topological polar surface area (TPSA) is 53.2 Å². The Bertz CT molecular complexity index is 758. The van der Waals surface area contributed by atoms with Crippen molar-refractivity contribution >= 4 is 18.2 Å². The number of carbonyl (C=O) groups excluding carboxylic acids is 1. The number of aryl methyl sites for hydroxylation is 1. The third-order valence-electron chi connectivity index (χ3n) is 5.70. The van der Waals surface area contributed by atoms with Crippen LogP contribution in [0.15, 0.2) is 11.0 Å². The van der Waals surface area contributed by atoms with Crippen molar-refractivity contribution < 1.29 is 13.9 Å². The molecule has 0 aromatic carbocycles. The zero-order valence-corrected chi connectivity index (χ0v) is 16.7. The van der Waals surface area contributed by atoms with Gasteiger partial charge in [0.05, 0.1) is 12.0 Å². The zero-order valence-electron chi connectivity index (χ0n) is 15.9. The number of nitrogens with zero attached hydrogens (tertiary/aromatic N) is 2. The van der Waals surface area contributed by atoms with Crippen LogP contribution in [0.25, 0.3) is 0 Å². The highest BCUT2D eigenvalue weighted by molar-refractivity contribution is 7.71. The first-order chi connectivity index (χ1) is 12.3. The number of ether oxygens (including phenoxy) is 1. The predicted octanol–water partition coefficient (Wildman–Crippen LogP) is 4.08. The number of hydrogen-bond acceptors (Lipinski definition) is 4. The zero-order chi connectivity index (χ0) is 19.3. The van der Waals surface area contributed by atoms with E-state index in [0.29, 0.717) is 25.6 Å². The molecule has 1 saturated carbocycles. The Hall–Kier alpha value is -1.50. The van der Waals surface area contributed by atoms with Gasteiger partial charge in [-0.25, -0.2) is 9.18 Å². The maximum absolute atomic E-state index is 13.8. The molecule has 146 valence electrons. The van der Waals surface area contributed by atoms with Gasteiger partial charge < -0.3 is 4.74 Å². The average molecular weight is 385 g/mol. The van der Waals surface area contributed by atoms with Gasteiger partial charge in [-0.15, -0.1) is 0 Å². The van der Waals surface area contributed by atoms with E-state index in [1.165, 1.54) is 15.3 Å². The second-order valence-corrected chi connectivity index (χ2v) is 7.80. The first kappa shape index (κ1) is 20.8. The van der Waals surface area contributed by atoms with Crippen LogP contribution in [0.3, 0.4) is 0 Å². The minimum atomic E-state index is -0.535. The number of halogens is 1. The van der Waals surface area contributed by atoms with E-state index in [2.05, 4.69) is 6.92 Å². The summed E-state index contributed by atoms with van der Waals surface area (Å²) in [6, 6.07) is 0. The van der Waals surface area contributed by atoms with Gasteiger partial charge in [-0.2, -0.15) is 0 Å². The second-order valence-electron chi connectivity index (χ2n) is 7.41. The third kappa shape index (κ3) is 4.42. The highest BCUT2D eigenvalue weighted by atomic mass is 32.1. The Morgan fingerprint density at radius 2 is 2.08 bits per heavy atom. The Labute approximate surface area is 159 Å². The molecule has 2 unspecified atom stereocenters. The molecule has 0 saturated heterocycles. The first-order valence-corrected chi connectivity index (χ1v) is 9.89. The quantitative estimate of drug-likeness (QED) is 0.366. The van der Waals surface area contributed by atoms with Crippen molar-refractivity contribution in [3.63, 3.8) is 0 Å². The lowest BCUT2D eigenvalue weighted by Gasteiger charge is -2.42. The molecule has 1 aromatic heterocycles. The minimum absolute atomic E-state index is 0.0310. The SMILES string of the molecule is CCn1cc(F)c(=S)n(CCCCCCOC(=O)C2(C)CCC2C)c1=O. The molecule has 0 bridgehead atoms. The lowest BCUT2D eigenvalue weighted by Crippen LogP contribution is -2.43. The first-order valence-electron chi connectivity index (χ1n) is 9.48. The van der Waals surface area contributed by atoms with E-state index in [9.17, 15) is 14.0 Å². The van der Waals surface area contributed by atoms with Gasteiger partial charge in [0.1, 0.15) is 4.64 Å². The van der Waals surface area contributed by atoms with Crippen molar-refractivity contribution in [3.05, 3.63) is 27.1 Å². The molecule has 2 atom stereocenters. The number of esters is 1. The van der Waals surface area contributed by atoms with E-state index in [-0.39, 0.29) is 21.7 Å². The lowest BCUT2D eigenvalue weighted by atomic mass is 9.62. The molecular weight excluding hydrogens is 355 g/mol. The van der Waals surface area contributed by atoms with E-state index in [4.69, 9.17) is 17.0 Å². The van der Waals surface area contributed by atoms with Crippen LogP contribution in [0.2, 0.25) is 0 Å². The Balaban J connectivity index is 1.70. The number of rotatable bonds is 9. The summed E-state index contributed by atoms with van der Waals surface area (Å²) in [7, 11) is 0. The largest absolute Gasteiger partial charge is 0.465 e. The molecule has 5 nitrogen and oxygen atoms in total. The van der Waals surface area contributed by atoms with Gasteiger partial charge >= 0.3 is 11.7 Å². The van der Waals surface area contributed by atoms with Crippen molar-refractivity contribution in [2.45, 2.75) is 72.4 Å². The molecular formula is C19H29FN2O3S. The van der Waals surface area contributed by atoms with Crippen molar-refractivity contribution in [1.29, 1.82) is 0 Å². The normalized spacial score (nSPS) is 22.1. The summed E-state index contributed by atoms with van der Waals surface area (Å²) in [6.07, 6.45) is 6.46. The van der Waals surface area contributed by atoms with Crippen molar-refractivity contribution in [3.8, 4) is 0 Å². The number of unbranched alkanes of at least 4 members (excludes halogenated alkanes) is 3. The molecule has 0 aliphatic heterocycles. The fourth-order valence-corrected chi connectivity index (χ4v) is 3.49. The molecule has 0 N–H and O–H groups in total. The number of carbonyl (C=O) groups is 1. The molecule has 1 fully saturated rings. The van der Waals surface area contributed by atoms with Crippen LogP contribution in [0.5, 0.6) is 0 Å². The molecule has 0 spiro atoms. The summed E-state index contributed by atoms with van der Waals surface area (Å²) in [4.78, 5) is 24.3. The van der Waals surface area contributed by atoms with Crippen LogP contribution in [0, 0.1) is 21.8 Å². The van der Waals surface area contributed by atoms with Gasteiger partial charge in [-0.1, -0.05) is 25.6 Å². The van der Waals surface area contributed by atoms with E-state index >= 15 is 0 Å². The fourth-order valence-electron chi connectivity index (χ4n) is 3.27. The summed E-state index contributed by atoms with van der Waals surface area (Å²) < 4.78 is 21.8. The molecule has 0 amide bonds. The second kappa shape index (κ2) is 8.93. The molecule has 2 rings (SSSR count). The Kier molecular flexibility index (Phi) is 7.15. The van der Waals surface area contributed by atoms with Crippen LogP contribution in [-0.4, -0.2) is 21.7 Å². The summed E-state index contributed by atoms with van der Waals surface area (Å²) in [5, 5.41) is 0. The summed E-state index contributed by atoms with van der Waals surface area (Å²) >= 11 is 5.01. The minimum Gasteiger partial charge on any atom is -0.465 e. The smallest absolute Gasteiger partial charge is 0.329 e. The van der Waals surface area contributed by atoms with Gasteiger partial charge in [0, 0.05) is 19.3 Å². The summed E-state index contributed by atoms with van der Waals surface area (Å²) in [5.74, 6) is -0.215. The molecule has 1 aliphatic carbocycles. The predicted molar refractivity (Wildman–Crippen MR) is 101 cm³/mol. The molecule has 1 heterocycles. The maximum atomic E-state index is 13.8. The molecule has 7 heteroatoms. The van der Waals surface area contributed by atoms with Gasteiger partial charge in [-0.05, 0) is 51.9 Å². The van der Waals surface area contributed by atoms with Crippen molar-refractivity contribution in [1.82, 2.24) is 9.13 Å². The molecule has 26 heavy (non-hydrogen) atoms. The van der Waals surface area contributed by atoms with E-state index in [0.717, 1.165) is 38.5 Å². The summed E-state index contributed by atoms with van der Waals surface area (Å²) in [5.41, 5.74) is -0.566. The maximum Gasteiger partial charge on any atom is 0.329 e. The van der Waals surface area contributed by atoms with E-state index in [1.807, 2.05) is 6.92 Å². The standard InChI is InChI=1S/C19H29FN2O3S/c1-4-21-13-15(20)16(26)22(18(21)24)11-7-5-6-8-12-25-17(23)19(3)10-9-14(19)2/h13-14H,4-12H2,1-3H3. The van der Waals surface area contributed by atoms with Crippen molar-refractivity contribution in [2.75, 3.05) is 6.61 Å². The van der Waals surface area contributed by atoms with Crippen LogP contribution >= 0.6 is 12.2 Å². The fraction of sp³-hybridized carbons (Fsp3) is 0.737. The van der Waals surface area contributed by atoms with Gasteiger partial charge in [0.2, 0.25) is 0 Å². The Morgan fingerprint density at radius 1 is 1.38 bits per heavy atom. The van der Waals surface area contributed by atoms with E-state index in [1.54, 1.807) is 6.92 Å². The van der Waals surface area contributed by atoms with Crippen LogP contribution in [0.1, 0.15) is 59.3 Å². The Morgan fingerprint density at radius 3 is 2.65 bits per heavy atom. The molecule has 1 aromatic rings. The highest BCUT2D eigenvalue weighted by Gasteiger charge is 2.47. The summed E-state index contributed by atoms with van der Waals surface area (Å²) in [6.45, 7) is 7.12. The van der Waals surface area contributed by atoms with E-state index < -0.39 is 5.82 Å². The van der Waals surface area contributed by atoms with Crippen LogP contribution in [0.4, 0.5) is 4.39 Å². The molecule has 0 radical (unpaired) electrons. The highest BCUT2D eigenvalue weighted by Crippen LogP contribution is 2.46.